The molecule has 12 heteroatoms. The topological polar surface area (TPSA) is 145 Å². The van der Waals surface area contributed by atoms with Crippen LogP contribution in [0.5, 0.6) is 0 Å². The van der Waals surface area contributed by atoms with E-state index >= 15 is 0 Å². The Kier molecular flexibility index (Phi) is 8.48. The van der Waals surface area contributed by atoms with Crippen LogP contribution in [0.2, 0.25) is 0 Å². The Morgan fingerprint density at radius 3 is 2.08 bits per heavy atom. The van der Waals surface area contributed by atoms with Crippen molar-refractivity contribution < 1.29 is 37.9 Å². The van der Waals surface area contributed by atoms with E-state index in [4.69, 9.17) is 0 Å². The molecule has 10 nitrogen and oxygen atoms in total. The predicted octanol–water partition coefficient (Wildman–Crippen LogP) is 2.06. The number of ketones is 1. The standard InChI is InChI=1S/C25H38F2N4O6/c1-24(2,3)19(30-23(36)37)22(35)31-12-10-15(13-5-6-13)17(31)20(33)29-16(9-11-25(4,26)27)18(32)21(34)28-14-7-8-14/h13-17,19,30H,5-12H2,1-4H3,(H,28,34)(H,29,33)(H,36,37). The Bertz CT molecular complexity index is 923. The minimum absolute atomic E-state index is 0.126. The van der Waals surface area contributed by atoms with E-state index in [0.29, 0.717) is 13.3 Å². The Morgan fingerprint density at radius 1 is 0.973 bits per heavy atom. The number of amides is 4. The van der Waals surface area contributed by atoms with Crippen LogP contribution in [-0.2, 0) is 19.2 Å². The van der Waals surface area contributed by atoms with Crippen molar-refractivity contribution in [1.29, 1.82) is 0 Å². The number of carbonyl (C=O) groups excluding carboxylic acids is 4. The van der Waals surface area contributed by atoms with Gasteiger partial charge in [0.25, 0.3) is 5.91 Å². The lowest BCUT2D eigenvalue weighted by atomic mass is 9.85. The van der Waals surface area contributed by atoms with Gasteiger partial charge >= 0.3 is 6.09 Å². The molecule has 4 amide bonds. The lowest BCUT2D eigenvalue weighted by Crippen LogP contribution is -2.60. The van der Waals surface area contributed by atoms with Crippen LogP contribution in [0.1, 0.15) is 72.6 Å². The normalized spacial score (nSPS) is 23.7. The molecule has 0 radical (unpaired) electrons. The number of Topliss-reactive ketones (excluding diaryl/α,β-unsaturated/α-hetero) is 1. The summed E-state index contributed by atoms with van der Waals surface area (Å²) >= 11 is 0. The average molecular weight is 529 g/mol. The lowest BCUT2D eigenvalue weighted by molar-refractivity contribution is -0.145. The van der Waals surface area contributed by atoms with Gasteiger partial charge in [-0.15, -0.1) is 0 Å². The monoisotopic (exact) mass is 528 g/mol. The number of rotatable bonds is 11. The van der Waals surface area contributed by atoms with E-state index in [2.05, 4.69) is 16.0 Å². The van der Waals surface area contributed by atoms with E-state index in [1.165, 1.54) is 4.90 Å². The maximum absolute atomic E-state index is 13.6. The molecule has 1 saturated heterocycles. The van der Waals surface area contributed by atoms with Crippen molar-refractivity contribution >= 4 is 29.6 Å². The summed E-state index contributed by atoms with van der Waals surface area (Å²) in [4.78, 5) is 65.1. The van der Waals surface area contributed by atoms with Crippen LogP contribution in [0, 0.1) is 17.3 Å². The molecule has 3 rings (SSSR count). The van der Waals surface area contributed by atoms with Gasteiger partial charge in [-0.2, -0.15) is 0 Å². The fourth-order valence-electron chi connectivity index (χ4n) is 4.92. The summed E-state index contributed by atoms with van der Waals surface area (Å²) in [5, 5.41) is 16.6. The highest BCUT2D eigenvalue weighted by Gasteiger charge is 2.51. The highest BCUT2D eigenvalue weighted by atomic mass is 19.3. The van der Waals surface area contributed by atoms with E-state index in [1.807, 2.05) is 0 Å². The van der Waals surface area contributed by atoms with Gasteiger partial charge in [-0.3, -0.25) is 19.2 Å². The Hall–Kier alpha value is -2.79. The van der Waals surface area contributed by atoms with Crippen molar-refractivity contribution in [2.24, 2.45) is 17.3 Å². The van der Waals surface area contributed by atoms with Crippen LogP contribution in [0.3, 0.4) is 0 Å². The van der Waals surface area contributed by atoms with Gasteiger partial charge < -0.3 is 26.0 Å². The van der Waals surface area contributed by atoms with E-state index in [1.54, 1.807) is 20.8 Å². The Morgan fingerprint density at radius 2 is 1.59 bits per heavy atom. The van der Waals surface area contributed by atoms with Crippen LogP contribution in [-0.4, -0.2) is 76.2 Å². The minimum atomic E-state index is -3.11. The van der Waals surface area contributed by atoms with Gasteiger partial charge in [0.15, 0.2) is 0 Å². The maximum Gasteiger partial charge on any atom is 0.405 e. The molecule has 4 N–H and O–H groups in total. The summed E-state index contributed by atoms with van der Waals surface area (Å²) in [5.41, 5.74) is -0.791. The number of nitrogens with zero attached hydrogens (tertiary/aromatic N) is 1. The van der Waals surface area contributed by atoms with Crippen molar-refractivity contribution in [3.8, 4) is 0 Å². The number of hydrogen-bond acceptors (Lipinski definition) is 5. The molecule has 2 saturated carbocycles. The van der Waals surface area contributed by atoms with Crippen LogP contribution in [0.15, 0.2) is 0 Å². The van der Waals surface area contributed by atoms with Crippen LogP contribution in [0.4, 0.5) is 13.6 Å². The van der Waals surface area contributed by atoms with E-state index in [0.717, 1.165) is 25.7 Å². The second-order valence-electron chi connectivity index (χ2n) is 11.8. The van der Waals surface area contributed by atoms with Gasteiger partial charge in [-0.05, 0) is 62.7 Å². The first kappa shape index (κ1) is 28.8. The van der Waals surface area contributed by atoms with Gasteiger partial charge in [0, 0.05) is 19.0 Å². The molecule has 2 aliphatic carbocycles. The largest absolute Gasteiger partial charge is 0.465 e. The van der Waals surface area contributed by atoms with Crippen LogP contribution < -0.4 is 16.0 Å². The Labute approximate surface area is 215 Å². The van der Waals surface area contributed by atoms with E-state index < -0.39 is 71.9 Å². The second kappa shape index (κ2) is 10.9. The molecule has 4 atom stereocenters. The molecule has 1 aliphatic heterocycles. The highest BCUT2D eigenvalue weighted by molar-refractivity contribution is 6.38. The zero-order chi connectivity index (χ0) is 27.7. The van der Waals surface area contributed by atoms with Crippen molar-refractivity contribution in [2.45, 2.75) is 103 Å². The first-order valence-electron chi connectivity index (χ1n) is 12.9. The number of likely N-dealkylation sites (tertiary alicyclic amines) is 1. The predicted molar refractivity (Wildman–Crippen MR) is 129 cm³/mol. The third kappa shape index (κ3) is 7.85. The second-order valence-corrected chi connectivity index (χ2v) is 11.8. The summed E-state index contributed by atoms with van der Waals surface area (Å²) in [5.74, 6) is -6.30. The number of carboxylic acid groups (broad SMARTS) is 1. The molecule has 0 aromatic carbocycles. The molecule has 3 aliphatic rings. The van der Waals surface area contributed by atoms with Gasteiger partial charge in [-0.1, -0.05) is 20.8 Å². The molecule has 0 bridgehead atoms. The fourth-order valence-corrected chi connectivity index (χ4v) is 4.92. The van der Waals surface area contributed by atoms with Crippen molar-refractivity contribution in [3.05, 3.63) is 0 Å². The zero-order valence-electron chi connectivity index (χ0n) is 21.8. The smallest absolute Gasteiger partial charge is 0.405 e. The molecule has 0 spiro atoms. The van der Waals surface area contributed by atoms with Crippen molar-refractivity contribution in [2.75, 3.05) is 6.54 Å². The van der Waals surface area contributed by atoms with Crippen molar-refractivity contribution in [3.63, 3.8) is 0 Å². The molecule has 1 heterocycles. The number of halogens is 2. The van der Waals surface area contributed by atoms with E-state index in [9.17, 15) is 37.9 Å². The molecule has 208 valence electrons. The Balaban J connectivity index is 1.83. The van der Waals surface area contributed by atoms with Crippen molar-refractivity contribution in [1.82, 2.24) is 20.9 Å². The summed E-state index contributed by atoms with van der Waals surface area (Å²) in [7, 11) is 0. The third-order valence-corrected chi connectivity index (χ3v) is 7.25. The van der Waals surface area contributed by atoms with Crippen LogP contribution in [0.25, 0.3) is 0 Å². The average Bonchev–Trinajstić information content (AvgIpc) is 3.71. The van der Waals surface area contributed by atoms with Gasteiger partial charge in [0.05, 0.1) is 6.04 Å². The SMILES string of the molecule is CC(F)(F)CCC(NC(=O)C1C(C2CC2)CCN1C(=O)C(NC(=O)O)C(C)(C)C)C(=O)C(=O)NC1CC1. The molecule has 0 aromatic heterocycles. The van der Waals surface area contributed by atoms with Crippen LogP contribution >= 0.6 is 0 Å². The zero-order valence-corrected chi connectivity index (χ0v) is 21.8. The number of hydrogen-bond donors (Lipinski definition) is 4. The summed E-state index contributed by atoms with van der Waals surface area (Å²) in [6, 6.07) is -3.72. The minimum Gasteiger partial charge on any atom is -0.465 e. The first-order valence-corrected chi connectivity index (χ1v) is 12.9. The number of nitrogens with one attached hydrogen (secondary N) is 3. The van der Waals surface area contributed by atoms with E-state index in [-0.39, 0.29) is 24.4 Å². The quantitative estimate of drug-likeness (QED) is 0.302. The number of carbonyl (C=O) groups is 5. The summed E-state index contributed by atoms with van der Waals surface area (Å²) < 4.78 is 27.2. The maximum atomic E-state index is 13.6. The molecule has 0 aromatic rings. The molecular weight excluding hydrogens is 490 g/mol. The number of alkyl halides is 2. The van der Waals surface area contributed by atoms with Gasteiger partial charge in [0.1, 0.15) is 12.1 Å². The molecule has 3 fully saturated rings. The lowest BCUT2D eigenvalue weighted by Gasteiger charge is -2.36. The summed E-state index contributed by atoms with van der Waals surface area (Å²) in [6.07, 6.45) is 1.20. The molecular formula is C25H38F2N4O6. The summed E-state index contributed by atoms with van der Waals surface area (Å²) in [6.45, 7) is 6.02. The highest BCUT2D eigenvalue weighted by Crippen LogP contribution is 2.45. The molecule has 37 heavy (non-hydrogen) atoms. The van der Waals surface area contributed by atoms with Gasteiger partial charge in [0.2, 0.25) is 23.5 Å². The third-order valence-electron chi connectivity index (χ3n) is 7.25. The fraction of sp³-hybridized carbons (Fsp3) is 0.800. The van der Waals surface area contributed by atoms with Gasteiger partial charge in [-0.25, -0.2) is 13.6 Å². The molecule has 4 unspecified atom stereocenters. The first-order chi connectivity index (χ1) is 17.1.